The van der Waals surface area contributed by atoms with E-state index < -0.39 is 0 Å². The molecule has 0 unspecified atom stereocenters. The molecule has 0 saturated heterocycles. The van der Waals surface area contributed by atoms with Gasteiger partial charge in [-0.05, 0) is 80.9 Å². The highest BCUT2D eigenvalue weighted by Crippen LogP contribution is 2.63. The van der Waals surface area contributed by atoms with E-state index in [0.717, 1.165) is 28.2 Å². The summed E-state index contributed by atoms with van der Waals surface area (Å²) >= 11 is 0. The first-order valence-corrected chi connectivity index (χ1v) is 9.41. The molecule has 2 aliphatic carbocycles. The van der Waals surface area contributed by atoms with Crippen LogP contribution >= 0.6 is 0 Å². The molecule has 0 aliphatic heterocycles. The van der Waals surface area contributed by atoms with E-state index in [1.165, 1.54) is 33.4 Å². The average molecular weight is 361 g/mol. The SMILES string of the molecule is Nc1ccc2c(c1)-c1ccccc1C21c2ccc(N)cc2-c2cc(N)ccc21. The molecular weight excluding hydrogens is 342 g/mol. The molecule has 0 saturated carbocycles. The van der Waals surface area contributed by atoms with Gasteiger partial charge in [-0.15, -0.1) is 0 Å². The van der Waals surface area contributed by atoms with Gasteiger partial charge in [0.1, 0.15) is 0 Å². The van der Waals surface area contributed by atoms with Crippen molar-refractivity contribution < 1.29 is 0 Å². The number of hydrogen-bond acceptors (Lipinski definition) is 3. The zero-order valence-electron chi connectivity index (χ0n) is 15.2. The molecule has 134 valence electrons. The van der Waals surface area contributed by atoms with Gasteiger partial charge in [0.25, 0.3) is 0 Å². The van der Waals surface area contributed by atoms with Gasteiger partial charge >= 0.3 is 0 Å². The summed E-state index contributed by atoms with van der Waals surface area (Å²) in [7, 11) is 0. The van der Waals surface area contributed by atoms with Crippen LogP contribution in [0.4, 0.5) is 17.1 Å². The van der Waals surface area contributed by atoms with E-state index in [9.17, 15) is 0 Å². The van der Waals surface area contributed by atoms with Crippen LogP contribution in [0.5, 0.6) is 0 Å². The Hall–Kier alpha value is -3.72. The van der Waals surface area contributed by atoms with Crippen molar-refractivity contribution in [2.75, 3.05) is 17.2 Å². The van der Waals surface area contributed by atoms with Crippen molar-refractivity contribution in [3.63, 3.8) is 0 Å². The van der Waals surface area contributed by atoms with Gasteiger partial charge in [0, 0.05) is 17.1 Å². The highest BCUT2D eigenvalue weighted by atomic mass is 14.6. The molecule has 0 heterocycles. The van der Waals surface area contributed by atoms with Crippen LogP contribution in [0.3, 0.4) is 0 Å². The second-order valence-corrected chi connectivity index (χ2v) is 7.71. The first-order valence-electron chi connectivity index (χ1n) is 9.41. The van der Waals surface area contributed by atoms with Crippen molar-refractivity contribution in [1.29, 1.82) is 0 Å². The van der Waals surface area contributed by atoms with Crippen LogP contribution in [-0.4, -0.2) is 0 Å². The molecule has 0 radical (unpaired) electrons. The summed E-state index contributed by atoms with van der Waals surface area (Å²) in [4.78, 5) is 0. The molecule has 0 fully saturated rings. The molecule has 0 amide bonds. The molecule has 0 aromatic heterocycles. The van der Waals surface area contributed by atoms with E-state index in [4.69, 9.17) is 17.2 Å². The molecule has 2 aliphatic rings. The molecule has 0 atom stereocenters. The van der Waals surface area contributed by atoms with E-state index in [-0.39, 0.29) is 5.41 Å². The van der Waals surface area contributed by atoms with Gasteiger partial charge in [-0.25, -0.2) is 0 Å². The predicted octanol–water partition coefficient (Wildman–Crippen LogP) is 4.78. The fourth-order valence-electron chi connectivity index (χ4n) is 5.25. The minimum atomic E-state index is -0.369. The number of hydrogen-bond donors (Lipinski definition) is 3. The summed E-state index contributed by atoms with van der Waals surface area (Å²) in [5.41, 5.74) is 30.2. The quantitative estimate of drug-likeness (QED) is 0.341. The van der Waals surface area contributed by atoms with E-state index in [1.807, 2.05) is 18.2 Å². The van der Waals surface area contributed by atoms with Crippen LogP contribution in [0.25, 0.3) is 22.3 Å². The molecule has 28 heavy (non-hydrogen) atoms. The van der Waals surface area contributed by atoms with Crippen LogP contribution in [0.2, 0.25) is 0 Å². The van der Waals surface area contributed by atoms with Crippen molar-refractivity contribution in [1.82, 2.24) is 0 Å². The second kappa shape index (κ2) is 4.96. The van der Waals surface area contributed by atoms with Crippen molar-refractivity contribution in [2.45, 2.75) is 5.41 Å². The Balaban J connectivity index is 1.85. The Kier molecular flexibility index (Phi) is 2.72. The summed E-state index contributed by atoms with van der Waals surface area (Å²) in [6.07, 6.45) is 0. The molecule has 1 spiro atoms. The van der Waals surface area contributed by atoms with E-state index in [0.29, 0.717) is 0 Å². The lowest BCUT2D eigenvalue weighted by atomic mass is 9.70. The van der Waals surface area contributed by atoms with Gasteiger partial charge in [-0.1, -0.05) is 42.5 Å². The minimum absolute atomic E-state index is 0.369. The first kappa shape index (κ1) is 15.3. The maximum atomic E-state index is 6.17. The largest absolute Gasteiger partial charge is 0.399 e. The van der Waals surface area contributed by atoms with Gasteiger partial charge in [0.05, 0.1) is 5.41 Å². The number of nitrogen functional groups attached to an aromatic ring is 3. The van der Waals surface area contributed by atoms with E-state index >= 15 is 0 Å². The normalized spacial score (nSPS) is 14.4. The maximum absolute atomic E-state index is 6.17. The third-order valence-electron chi connectivity index (χ3n) is 6.25. The molecule has 0 bridgehead atoms. The maximum Gasteiger partial charge on any atom is 0.0725 e. The molecule has 4 aromatic rings. The van der Waals surface area contributed by atoms with Crippen molar-refractivity contribution in [3.8, 4) is 22.3 Å². The van der Waals surface area contributed by atoms with Gasteiger partial charge in [-0.2, -0.15) is 0 Å². The predicted molar refractivity (Wildman–Crippen MR) is 116 cm³/mol. The zero-order valence-corrected chi connectivity index (χ0v) is 15.2. The van der Waals surface area contributed by atoms with Gasteiger partial charge in [-0.3, -0.25) is 0 Å². The molecule has 4 aromatic carbocycles. The molecule has 6 rings (SSSR count). The molecule has 6 N–H and O–H groups in total. The van der Waals surface area contributed by atoms with E-state index in [1.54, 1.807) is 0 Å². The molecule has 3 nitrogen and oxygen atoms in total. The van der Waals surface area contributed by atoms with Crippen LogP contribution in [0.1, 0.15) is 22.3 Å². The number of fused-ring (bicyclic) bond motifs is 10. The highest BCUT2D eigenvalue weighted by Gasteiger charge is 2.51. The number of nitrogens with two attached hydrogens (primary N) is 3. The van der Waals surface area contributed by atoms with Crippen LogP contribution in [-0.2, 0) is 5.41 Å². The summed E-state index contributed by atoms with van der Waals surface area (Å²) in [6, 6.07) is 27.4. The van der Waals surface area contributed by atoms with Gasteiger partial charge in [0.15, 0.2) is 0 Å². The van der Waals surface area contributed by atoms with Crippen molar-refractivity contribution in [3.05, 3.63) is 101 Å². The number of benzene rings is 4. The van der Waals surface area contributed by atoms with Gasteiger partial charge in [0.2, 0.25) is 0 Å². The fraction of sp³-hybridized carbons (Fsp3) is 0.0400. The number of rotatable bonds is 0. The summed E-state index contributed by atoms with van der Waals surface area (Å²) in [5.74, 6) is 0. The minimum Gasteiger partial charge on any atom is -0.399 e. The van der Waals surface area contributed by atoms with Crippen molar-refractivity contribution in [2.24, 2.45) is 0 Å². The Labute approximate surface area is 163 Å². The van der Waals surface area contributed by atoms with Crippen LogP contribution in [0, 0.1) is 0 Å². The molecule has 3 heteroatoms. The highest BCUT2D eigenvalue weighted by molar-refractivity contribution is 5.96. The number of anilines is 3. The zero-order chi connectivity index (χ0) is 19.0. The summed E-state index contributed by atoms with van der Waals surface area (Å²) < 4.78 is 0. The fourth-order valence-corrected chi connectivity index (χ4v) is 5.25. The van der Waals surface area contributed by atoms with Crippen LogP contribution in [0.15, 0.2) is 78.9 Å². The first-order chi connectivity index (χ1) is 13.6. The smallest absolute Gasteiger partial charge is 0.0725 e. The van der Waals surface area contributed by atoms with Crippen molar-refractivity contribution >= 4 is 17.1 Å². The third kappa shape index (κ3) is 1.65. The standard InChI is InChI=1S/C25H19N3/c26-14-5-8-22-18(11-14)17-3-1-2-4-21(17)25(22)23-9-6-15(27)12-19(23)20-13-16(28)7-10-24(20)25/h1-13H,26-28H2. The Morgan fingerprint density at radius 1 is 0.429 bits per heavy atom. The second-order valence-electron chi connectivity index (χ2n) is 7.71. The monoisotopic (exact) mass is 361 g/mol. The topological polar surface area (TPSA) is 78.1 Å². The lowest BCUT2D eigenvalue weighted by Crippen LogP contribution is -2.25. The summed E-state index contributed by atoms with van der Waals surface area (Å²) in [6.45, 7) is 0. The van der Waals surface area contributed by atoms with E-state index in [2.05, 4.69) is 60.7 Å². The Morgan fingerprint density at radius 2 is 0.821 bits per heavy atom. The van der Waals surface area contributed by atoms with Gasteiger partial charge < -0.3 is 17.2 Å². The Bertz CT molecular complexity index is 1250. The summed E-state index contributed by atoms with van der Waals surface area (Å²) in [5, 5.41) is 0. The third-order valence-corrected chi connectivity index (χ3v) is 6.25. The average Bonchev–Trinajstić information content (AvgIpc) is 3.13. The lowest BCUT2D eigenvalue weighted by Gasteiger charge is -2.30. The molecular formula is C25H19N3. The van der Waals surface area contributed by atoms with Crippen LogP contribution < -0.4 is 17.2 Å². The lowest BCUT2D eigenvalue weighted by molar-refractivity contribution is 0.794. The Morgan fingerprint density at radius 3 is 1.32 bits per heavy atom.